The van der Waals surface area contributed by atoms with Crippen LogP contribution in [-0.2, 0) is 6.42 Å². The quantitative estimate of drug-likeness (QED) is 0.398. The molecule has 1 rings (SSSR count). The molecule has 0 unspecified atom stereocenters. The third kappa shape index (κ3) is 1.58. The van der Waals surface area contributed by atoms with Crippen LogP contribution in [0.5, 0.6) is 0 Å². The largest absolute Gasteiger partial charge is 0.323 e. The van der Waals surface area contributed by atoms with Crippen LogP contribution >= 0.6 is 0 Å². The Kier molecular flexibility index (Phi) is 2.74. The lowest BCUT2D eigenvalue weighted by Crippen LogP contribution is -2.07. The van der Waals surface area contributed by atoms with Gasteiger partial charge in [-0.25, -0.2) is 0 Å². The number of hydrogen-bond donors (Lipinski definition) is 1. The molecule has 2 N–H and O–H groups in total. The number of hydrazone groups is 1. The average Bonchev–Trinajstić information content (AvgIpc) is 2.16. The van der Waals surface area contributed by atoms with Crippen LogP contribution in [0.1, 0.15) is 25.2 Å². The summed E-state index contributed by atoms with van der Waals surface area (Å²) in [5.74, 6) is 5.15. The highest BCUT2D eigenvalue weighted by Crippen LogP contribution is 2.03. The Balaban J connectivity index is 3.13. The molecule has 4 nitrogen and oxygen atoms in total. The Morgan fingerprint density at radius 2 is 2.17 bits per heavy atom. The van der Waals surface area contributed by atoms with Gasteiger partial charge >= 0.3 is 0 Å². The monoisotopic (exact) mass is 164 g/mol. The van der Waals surface area contributed by atoms with Crippen LogP contribution in [0.15, 0.2) is 17.5 Å². The summed E-state index contributed by atoms with van der Waals surface area (Å²) in [4.78, 5) is 8.31. The molecule has 0 aliphatic heterocycles. The van der Waals surface area contributed by atoms with Crippen molar-refractivity contribution >= 4 is 5.71 Å². The average molecular weight is 164 g/mol. The van der Waals surface area contributed by atoms with E-state index in [9.17, 15) is 0 Å². The maximum absolute atomic E-state index is 5.15. The summed E-state index contributed by atoms with van der Waals surface area (Å²) in [6.07, 6.45) is 4.16. The standard InChI is InChI=1S/C8H12N4/c1-3-7-8(6(2)12-9)11-5-4-10-7/h4-5H,3,9H2,1-2H3. The maximum atomic E-state index is 5.15. The van der Waals surface area contributed by atoms with Crippen molar-refractivity contribution in [3.8, 4) is 0 Å². The van der Waals surface area contributed by atoms with E-state index in [1.54, 1.807) is 12.4 Å². The molecule has 0 aliphatic rings. The van der Waals surface area contributed by atoms with Crippen molar-refractivity contribution in [1.29, 1.82) is 0 Å². The fraction of sp³-hybridized carbons (Fsp3) is 0.375. The van der Waals surface area contributed by atoms with Crippen molar-refractivity contribution in [3.63, 3.8) is 0 Å². The van der Waals surface area contributed by atoms with E-state index in [1.165, 1.54) is 0 Å². The first-order chi connectivity index (χ1) is 5.79. The van der Waals surface area contributed by atoms with Gasteiger partial charge in [0.05, 0.1) is 11.4 Å². The third-order valence-electron chi connectivity index (χ3n) is 1.65. The molecule has 0 amide bonds. The fourth-order valence-electron chi connectivity index (χ4n) is 0.989. The van der Waals surface area contributed by atoms with Crippen LogP contribution in [0.3, 0.4) is 0 Å². The van der Waals surface area contributed by atoms with E-state index in [0.717, 1.165) is 23.5 Å². The predicted octanol–water partition coefficient (Wildman–Crippen LogP) is 0.722. The van der Waals surface area contributed by atoms with E-state index in [0.29, 0.717) is 0 Å². The van der Waals surface area contributed by atoms with Crippen LogP contribution in [-0.4, -0.2) is 15.7 Å². The van der Waals surface area contributed by atoms with Gasteiger partial charge < -0.3 is 5.84 Å². The fourth-order valence-corrected chi connectivity index (χ4v) is 0.989. The van der Waals surface area contributed by atoms with E-state index in [4.69, 9.17) is 5.84 Å². The zero-order chi connectivity index (χ0) is 8.97. The molecule has 0 fully saturated rings. The lowest BCUT2D eigenvalue weighted by molar-refractivity contribution is 0.984. The molecule has 0 saturated heterocycles. The van der Waals surface area contributed by atoms with Crippen LogP contribution in [0, 0.1) is 0 Å². The maximum Gasteiger partial charge on any atom is 0.107 e. The molecule has 0 bridgehead atoms. The van der Waals surface area contributed by atoms with Crippen molar-refractivity contribution in [2.45, 2.75) is 20.3 Å². The van der Waals surface area contributed by atoms with Gasteiger partial charge in [-0.2, -0.15) is 5.10 Å². The first-order valence-electron chi connectivity index (χ1n) is 3.84. The molecule has 0 atom stereocenters. The number of aromatic nitrogens is 2. The molecule has 1 heterocycles. The summed E-state index contributed by atoms with van der Waals surface area (Å²) < 4.78 is 0. The first kappa shape index (κ1) is 8.64. The highest BCUT2D eigenvalue weighted by Gasteiger charge is 2.04. The van der Waals surface area contributed by atoms with Crippen LogP contribution in [0.4, 0.5) is 0 Å². The lowest BCUT2D eigenvalue weighted by Gasteiger charge is -2.02. The minimum Gasteiger partial charge on any atom is -0.323 e. The molecule has 12 heavy (non-hydrogen) atoms. The van der Waals surface area contributed by atoms with Gasteiger partial charge in [0.25, 0.3) is 0 Å². The van der Waals surface area contributed by atoms with Crippen molar-refractivity contribution < 1.29 is 0 Å². The van der Waals surface area contributed by atoms with Gasteiger partial charge in [-0.3, -0.25) is 9.97 Å². The normalized spacial score (nSPS) is 11.7. The third-order valence-corrected chi connectivity index (χ3v) is 1.65. The van der Waals surface area contributed by atoms with Crippen molar-refractivity contribution in [2.24, 2.45) is 10.9 Å². The van der Waals surface area contributed by atoms with Gasteiger partial charge in [0, 0.05) is 12.4 Å². The SMILES string of the molecule is CCc1nccnc1C(C)=NN. The Morgan fingerprint density at radius 3 is 2.75 bits per heavy atom. The van der Waals surface area contributed by atoms with Crippen molar-refractivity contribution in [3.05, 3.63) is 23.8 Å². The van der Waals surface area contributed by atoms with Gasteiger partial charge in [-0.05, 0) is 13.3 Å². The molecule has 0 aromatic carbocycles. The minimum atomic E-state index is 0.722. The molecule has 0 radical (unpaired) electrons. The predicted molar refractivity (Wildman–Crippen MR) is 47.8 cm³/mol. The van der Waals surface area contributed by atoms with Crippen LogP contribution < -0.4 is 5.84 Å². The van der Waals surface area contributed by atoms with E-state index >= 15 is 0 Å². The van der Waals surface area contributed by atoms with E-state index in [2.05, 4.69) is 15.1 Å². The molecule has 1 aromatic rings. The highest BCUT2D eigenvalue weighted by molar-refractivity contribution is 5.97. The topological polar surface area (TPSA) is 64.2 Å². The van der Waals surface area contributed by atoms with Gasteiger partial charge in [0.1, 0.15) is 5.69 Å². The Bertz CT molecular complexity index is 293. The smallest absolute Gasteiger partial charge is 0.107 e. The van der Waals surface area contributed by atoms with E-state index < -0.39 is 0 Å². The number of aryl methyl sites for hydroxylation is 1. The second-order valence-electron chi connectivity index (χ2n) is 2.42. The molecule has 4 heteroatoms. The van der Waals surface area contributed by atoms with Crippen LogP contribution in [0.2, 0.25) is 0 Å². The molecule has 1 aromatic heterocycles. The molecule has 0 saturated carbocycles. The molecule has 64 valence electrons. The summed E-state index contributed by atoms with van der Waals surface area (Å²) in [5.41, 5.74) is 2.45. The number of nitrogens with two attached hydrogens (primary N) is 1. The van der Waals surface area contributed by atoms with Gasteiger partial charge in [0.15, 0.2) is 0 Å². The summed E-state index contributed by atoms with van der Waals surface area (Å²) in [5, 5.41) is 3.58. The van der Waals surface area contributed by atoms with E-state index in [1.807, 2.05) is 13.8 Å². The second kappa shape index (κ2) is 3.80. The highest BCUT2D eigenvalue weighted by atomic mass is 15.1. The van der Waals surface area contributed by atoms with Gasteiger partial charge in [0.2, 0.25) is 0 Å². The first-order valence-corrected chi connectivity index (χ1v) is 3.84. The molecule has 0 spiro atoms. The Hall–Kier alpha value is -1.45. The minimum absolute atomic E-state index is 0.722. The Morgan fingerprint density at radius 1 is 1.50 bits per heavy atom. The molecule has 0 aliphatic carbocycles. The van der Waals surface area contributed by atoms with Crippen molar-refractivity contribution in [1.82, 2.24) is 9.97 Å². The summed E-state index contributed by atoms with van der Waals surface area (Å²) in [6.45, 7) is 3.85. The zero-order valence-electron chi connectivity index (χ0n) is 7.28. The zero-order valence-corrected chi connectivity index (χ0v) is 7.28. The Labute approximate surface area is 71.5 Å². The summed E-state index contributed by atoms with van der Waals surface area (Å²) in [7, 11) is 0. The van der Waals surface area contributed by atoms with Gasteiger partial charge in [-0.15, -0.1) is 0 Å². The van der Waals surface area contributed by atoms with Crippen molar-refractivity contribution in [2.75, 3.05) is 0 Å². The summed E-state index contributed by atoms with van der Waals surface area (Å²) >= 11 is 0. The number of nitrogens with zero attached hydrogens (tertiary/aromatic N) is 3. The number of hydrogen-bond acceptors (Lipinski definition) is 4. The second-order valence-corrected chi connectivity index (χ2v) is 2.42. The molecular formula is C8H12N4. The van der Waals surface area contributed by atoms with Crippen LogP contribution in [0.25, 0.3) is 0 Å². The molecular weight excluding hydrogens is 152 g/mol. The van der Waals surface area contributed by atoms with E-state index in [-0.39, 0.29) is 0 Å². The van der Waals surface area contributed by atoms with Gasteiger partial charge in [-0.1, -0.05) is 6.92 Å². The summed E-state index contributed by atoms with van der Waals surface area (Å²) in [6, 6.07) is 0. The lowest BCUT2D eigenvalue weighted by atomic mass is 10.2. The number of rotatable bonds is 2.